The van der Waals surface area contributed by atoms with Gasteiger partial charge in [0.25, 0.3) is 0 Å². The zero-order valence-corrected chi connectivity index (χ0v) is 17.3. The van der Waals surface area contributed by atoms with E-state index >= 15 is 0 Å². The molecular weight excluding hydrogens is 397 g/mol. The molecule has 2 aliphatic heterocycles. The van der Waals surface area contributed by atoms with Crippen LogP contribution in [0.2, 0.25) is 0 Å². The van der Waals surface area contributed by atoms with Gasteiger partial charge in [-0.15, -0.1) is 0 Å². The monoisotopic (exact) mass is 422 g/mol. The minimum atomic E-state index is -0.424. The summed E-state index contributed by atoms with van der Waals surface area (Å²) >= 11 is 3.48. The lowest BCUT2D eigenvalue weighted by atomic mass is 9.71. The van der Waals surface area contributed by atoms with E-state index < -0.39 is 17.0 Å². The van der Waals surface area contributed by atoms with Gasteiger partial charge >= 0.3 is 7.12 Å². The fourth-order valence-electron chi connectivity index (χ4n) is 3.87. The summed E-state index contributed by atoms with van der Waals surface area (Å²) < 4.78 is 27.7. The molecule has 140 valence electrons. The van der Waals surface area contributed by atoms with Gasteiger partial charge in [0.2, 0.25) is 0 Å². The fourth-order valence-corrected chi connectivity index (χ4v) is 4.10. The molecule has 1 atom stereocenters. The lowest BCUT2D eigenvalue weighted by Gasteiger charge is -2.33. The van der Waals surface area contributed by atoms with Gasteiger partial charge in [-0.1, -0.05) is 22.0 Å². The highest BCUT2D eigenvalue weighted by Crippen LogP contribution is 2.43. The Labute approximate surface area is 163 Å². The summed E-state index contributed by atoms with van der Waals surface area (Å²) in [5.41, 5.74) is 0.382. The molecule has 26 heavy (non-hydrogen) atoms. The van der Waals surface area contributed by atoms with Gasteiger partial charge in [-0.3, -0.25) is 0 Å². The van der Waals surface area contributed by atoms with Crippen molar-refractivity contribution in [3.63, 3.8) is 0 Å². The first-order valence-corrected chi connectivity index (χ1v) is 10.1. The molecule has 0 aromatic carbocycles. The van der Waals surface area contributed by atoms with Crippen LogP contribution in [0.4, 0.5) is 0 Å². The summed E-state index contributed by atoms with van der Waals surface area (Å²) in [4.78, 5) is 0. The molecule has 1 aromatic rings. The van der Waals surface area contributed by atoms with E-state index in [4.69, 9.17) is 18.8 Å². The molecule has 1 spiro atoms. The van der Waals surface area contributed by atoms with Gasteiger partial charge in [-0.2, -0.15) is 0 Å². The number of rotatable bonds is 3. The maximum atomic E-state index is 6.48. The van der Waals surface area contributed by atoms with Gasteiger partial charge in [0, 0.05) is 29.4 Å². The Balaban J connectivity index is 1.49. The Kier molecular flexibility index (Phi) is 4.81. The van der Waals surface area contributed by atoms with Gasteiger partial charge in [0.1, 0.15) is 5.60 Å². The van der Waals surface area contributed by atoms with Crippen LogP contribution in [0, 0.1) is 0 Å². The molecule has 3 heterocycles. The molecule has 4 rings (SSSR count). The summed E-state index contributed by atoms with van der Waals surface area (Å²) in [5.74, 6) is -0.409. The van der Waals surface area contributed by atoms with Crippen molar-refractivity contribution in [1.29, 1.82) is 0 Å². The van der Waals surface area contributed by atoms with Crippen molar-refractivity contribution in [1.82, 2.24) is 0 Å². The number of pyridine rings is 1. The molecular formula is C19H26BBrNO4+. The topological polar surface area (TPSA) is 40.8 Å². The van der Waals surface area contributed by atoms with Crippen LogP contribution < -0.4 is 4.57 Å². The van der Waals surface area contributed by atoms with Gasteiger partial charge in [-0.05, 0) is 32.7 Å². The number of hydrogen-bond donors (Lipinski definition) is 0. The highest BCUT2D eigenvalue weighted by atomic mass is 79.9. The molecule has 1 aromatic heterocycles. The van der Waals surface area contributed by atoms with E-state index in [1.807, 2.05) is 12.1 Å². The van der Waals surface area contributed by atoms with E-state index in [2.05, 4.69) is 59.7 Å². The third-order valence-corrected chi connectivity index (χ3v) is 6.49. The number of allylic oxidation sites excluding steroid dienone is 1. The Morgan fingerprint density at radius 2 is 1.81 bits per heavy atom. The molecule has 1 unspecified atom stereocenters. The third-order valence-electron chi connectivity index (χ3n) is 5.96. The Bertz CT molecular complexity index is 702. The highest BCUT2D eigenvalue weighted by Gasteiger charge is 2.58. The van der Waals surface area contributed by atoms with E-state index in [1.165, 1.54) is 5.47 Å². The molecule has 0 N–H and O–H groups in total. The summed E-state index contributed by atoms with van der Waals surface area (Å²) in [5, 5.41) is 0. The van der Waals surface area contributed by atoms with Crippen LogP contribution in [0.1, 0.15) is 40.0 Å². The van der Waals surface area contributed by atoms with Crippen LogP contribution in [0.25, 0.3) is 0 Å². The molecule has 0 amide bonds. The molecule has 1 aliphatic carbocycles. The van der Waals surface area contributed by atoms with Crippen molar-refractivity contribution < 1.29 is 23.3 Å². The van der Waals surface area contributed by atoms with Crippen molar-refractivity contribution >= 4 is 23.0 Å². The number of nitrogens with zero attached hydrogens (tertiary/aromatic N) is 1. The highest BCUT2D eigenvalue weighted by molar-refractivity contribution is 9.10. The van der Waals surface area contributed by atoms with Gasteiger partial charge < -0.3 is 18.8 Å². The van der Waals surface area contributed by atoms with Crippen molar-refractivity contribution in [2.45, 2.75) is 63.6 Å². The van der Waals surface area contributed by atoms with Crippen molar-refractivity contribution in [2.24, 2.45) is 0 Å². The van der Waals surface area contributed by atoms with E-state index in [1.54, 1.807) is 0 Å². The SMILES string of the molecule is CC1(C)OB(C2=CCC3(CC2)OCCO3)OC1(C)C[n+]1ccc(Br)cc1. The second-order valence-electron chi connectivity index (χ2n) is 8.09. The maximum Gasteiger partial charge on any atom is 0.490 e. The van der Waals surface area contributed by atoms with Gasteiger partial charge in [0.05, 0.1) is 18.8 Å². The number of halogens is 1. The first-order valence-electron chi connectivity index (χ1n) is 9.28. The lowest BCUT2D eigenvalue weighted by Crippen LogP contribution is -2.55. The molecule has 0 saturated carbocycles. The smallest absolute Gasteiger partial charge is 0.399 e. The van der Waals surface area contributed by atoms with E-state index in [0.29, 0.717) is 13.2 Å². The lowest BCUT2D eigenvalue weighted by molar-refractivity contribution is -0.710. The number of hydrogen-bond acceptors (Lipinski definition) is 4. The minimum absolute atomic E-state index is 0.301. The normalized spacial score (nSPS) is 30.0. The molecule has 5 nitrogen and oxygen atoms in total. The van der Waals surface area contributed by atoms with Crippen molar-refractivity contribution in [3.8, 4) is 0 Å². The minimum Gasteiger partial charge on any atom is -0.399 e. The molecule has 3 aliphatic rings. The average molecular weight is 423 g/mol. The van der Waals surface area contributed by atoms with E-state index in [0.717, 1.165) is 30.3 Å². The fraction of sp³-hybridized carbons (Fsp3) is 0.632. The molecule has 0 radical (unpaired) electrons. The van der Waals surface area contributed by atoms with Crippen LogP contribution in [-0.4, -0.2) is 37.3 Å². The maximum absolute atomic E-state index is 6.48. The second kappa shape index (κ2) is 6.71. The Morgan fingerprint density at radius 1 is 1.12 bits per heavy atom. The number of aromatic nitrogens is 1. The first kappa shape index (κ1) is 18.6. The van der Waals surface area contributed by atoms with Crippen LogP contribution in [0.5, 0.6) is 0 Å². The summed E-state index contributed by atoms with van der Waals surface area (Å²) in [6.45, 7) is 8.47. The average Bonchev–Trinajstić information content (AvgIpc) is 3.13. The van der Waals surface area contributed by atoms with Crippen LogP contribution >= 0.6 is 15.9 Å². The van der Waals surface area contributed by atoms with E-state index in [-0.39, 0.29) is 7.12 Å². The Morgan fingerprint density at radius 3 is 2.42 bits per heavy atom. The zero-order chi connectivity index (χ0) is 18.4. The largest absolute Gasteiger partial charge is 0.490 e. The predicted octanol–water partition coefficient (Wildman–Crippen LogP) is 3.20. The van der Waals surface area contributed by atoms with Crippen LogP contribution in [-0.2, 0) is 25.3 Å². The quantitative estimate of drug-likeness (QED) is 0.554. The predicted molar refractivity (Wildman–Crippen MR) is 101 cm³/mol. The summed E-state index contributed by atoms with van der Waals surface area (Å²) in [7, 11) is -0.301. The first-order chi connectivity index (χ1) is 12.3. The Hall–Kier alpha value is -0.725. The summed E-state index contributed by atoms with van der Waals surface area (Å²) in [6.07, 6.45) is 8.81. The molecule has 0 bridgehead atoms. The van der Waals surface area contributed by atoms with E-state index in [9.17, 15) is 0 Å². The zero-order valence-electron chi connectivity index (χ0n) is 15.7. The second-order valence-corrected chi connectivity index (χ2v) is 9.00. The molecule has 7 heteroatoms. The van der Waals surface area contributed by atoms with Crippen LogP contribution in [0.3, 0.4) is 0 Å². The number of ether oxygens (including phenoxy) is 2. The molecule has 2 fully saturated rings. The standard InChI is InChI=1S/C19H26BBrNO4/c1-17(2)18(3,14-22-10-6-16(21)7-11-22)26-20(25-17)15-4-8-19(9-5-15)23-12-13-24-19/h4,6-7,10-11H,5,8-9,12-14H2,1-3H3/q+1. The van der Waals surface area contributed by atoms with Gasteiger partial charge in [0.15, 0.2) is 24.7 Å². The van der Waals surface area contributed by atoms with Crippen molar-refractivity contribution in [2.75, 3.05) is 13.2 Å². The summed E-state index contributed by atoms with van der Waals surface area (Å²) in [6, 6.07) is 4.07. The van der Waals surface area contributed by atoms with Crippen LogP contribution in [0.15, 0.2) is 40.5 Å². The van der Waals surface area contributed by atoms with Crippen molar-refractivity contribution in [3.05, 3.63) is 40.5 Å². The van der Waals surface area contributed by atoms with Gasteiger partial charge in [-0.25, -0.2) is 4.57 Å². The molecule has 2 saturated heterocycles. The third kappa shape index (κ3) is 3.40.